The van der Waals surface area contributed by atoms with Crippen LogP contribution in [0.3, 0.4) is 0 Å². The zero-order valence-electron chi connectivity index (χ0n) is 10.3. The number of aromatic nitrogens is 1. The fourth-order valence-electron chi connectivity index (χ4n) is 1.76. The van der Waals surface area contributed by atoms with Crippen LogP contribution >= 0.6 is 0 Å². The number of hydrogen-bond donors (Lipinski definition) is 2. The number of carboxylic acid groups (broad SMARTS) is 1. The molecule has 0 amide bonds. The van der Waals surface area contributed by atoms with Crippen LogP contribution in [-0.2, 0) is 0 Å². The quantitative estimate of drug-likeness (QED) is 0.886. The van der Waals surface area contributed by atoms with Gasteiger partial charge in [0, 0.05) is 12.2 Å². The fourth-order valence-corrected chi connectivity index (χ4v) is 1.76. The molecule has 0 radical (unpaired) electrons. The third-order valence-corrected chi connectivity index (χ3v) is 2.79. The van der Waals surface area contributed by atoms with Crippen LogP contribution < -0.4 is 5.32 Å². The zero-order valence-corrected chi connectivity index (χ0v) is 10.3. The summed E-state index contributed by atoms with van der Waals surface area (Å²) in [6.07, 6.45) is 2.89. The Morgan fingerprint density at radius 3 is 2.63 bits per heavy atom. The molecule has 0 aliphatic rings. The van der Waals surface area contributed by atoms with Crippen molar-refractivity contribution in [3.63, 3.8) is 0 Å². The monoisotopic (exact) mass is 260 g/mol. The molecule has 1 aromatic carbocycles. The van der Waals surface area contributed by atoms with Crippen molar-refractivity contribution in [3.05, 3.63) is 59.7 Å². The van der Waals surface area contributed by atoms with E-state index in [0.717, 1.165) is 5.56 Å². The Hall–Kier alpha value is -2.43. The Morgan fingerprint density at radius 2 is 2.00 bits per heavy atom. The van der Waals surface area contributed by atoms with Crippen molar-refractivity contribution in [1.29, 1.82) is 0 Å². The van der Waals surface area contributed by atoms with Gasteiger partial charge in [0.25, 0.3) is 0 Å². The van der Waals surface area contributed by atoms with Gasteiger partial charge in [-0.2, -0.15) is 0 Å². The number of rotatable bonds is 4. The highest BCUT2D eigenvalue weighted by Crippen LogP contribution is 2.21. The van der Waals surface area contributed by atoms with E-state index in [9.17, 15) is 9.18 Å². The Bertz CT molecular complexity index is 584. The van der Waals surface area contributed by atoms with Gasteiger partial charge in [0.1, 0.15) is 5.82 Å². The first-order chi connectivity index (χ1) is 9.08. The smallest absolute Gasteiger partial charge is 0.337 e. The lowest BCUT2D eigenvalue weighted by molar-refractivity contribution is 0.0698. The summed E-state index contributed by atoms with van der Waals surface area (Å²) >= 11 is 0. The zero-order chi connectivity index (χ0) is 13.8. The molecule has 0 saturated heterocycles. The SMILES string of the molecule is C[C@@H](Nc1cnccc1C(=O)O)c1ccc(F)cc1. The first-order valence-corrected chi connectivity index (χ1v) is 5.77. The second-order valence-corrected chi connectivity index (χ2v) is 4.14. The van der Waals surface area contributed by atoms with Crippen LogP contribution in [0, 0.1) is 5.82 Å². The molecular weight excluding hydrogens is 247 g/mol. The predicted molar refractivity (Wildman–Crippen MR) is 69.6 cm³/mol. The Kier molecular flexibility index (Phi) is 3.75. The summed E-state index contributed by atoms with van der Waals surface area (Å²) in [5.74, 6) is -1.32. The second kappa shape index (κ2) is 5.48. The number of pyridine rings is 1. The van der Waals surface area contributed by atoms with Gasteiger partial charge in [-0.1, -0.05) is 12.1 Å². The van der Waals surface area contributed by atoms with E-state index in [1.807, 2.05) is 6.92 Å². The van der Waals surface area contributed by atoms with Gasteiger partial charge in [-0.05, 0) is 30.7 Å². The van der Waals surface area contributed by atoms with Gasteiger partial charge >= 0.3 is 5.97 Å². The second-order valence-electron chi connectivity index (χ2n) is 4.14. The first kappa shape index (κ1) is 13.0. The number of anilines is 1. The molecule has 0 aliphatic heterocycles. The summed E-state index contributed by atoms with van der Waals surface area (Å²) in [6.45, 7) is 1.87. The minimum absolute atomic E-state index is 0.150. The summed E-state index contributed by atoms with van der Waals surface area (Å²) in [5.41, 5.74) is 1.46. The first-order valence-electron chi connectivity index (χ1n) is 5.77. The normalized spacial score (nSPS) is 11.9. The van der Waals surface area contributed by atoms with Gasteiger partial charge in [0.05, 0.1) is 17.4 Å². The van der Waals surface area contributed by atoms with Gasteiger partial charge in [0.15, 0.2) is 0 Å². The highest BCUT2D eigenvalue weighted by atomic mass is 19.1. The van der Waals surface area contributed by atoms with Gasteiger partial charge in [0.2, 0.25) is 0 Å². The van der Waals surface area contributed by atoms with E-state index in [0.29, 0.717) is 5.69 Å². The number of aromatic carboxylic acids is 1. The number of carboxylic acids is 1. The van der Waals surface area contributed by atoms with Crippen molar-refractivity contribution >= 4 is 11.7 Å². The van der Waals surface area contributed by atoms with Crippen molar-refractivity contribution in [3.8, 4) is 0 Å². The molecular formula is C14H13FN2O2. The lowest BCUT2D eigenvalue weighted by Crippen LogP contribution is -2.11. The summed E-state index contributed by atoms with van der Waals surface area (Å²) in [4.78, 5) is 15.0. The number of hydrogen-bond acceptors (Lipinski definition) is 3. The molecule has 2 aromatic rings. The van der Waals surface area contributed by atoms with Gasteiger partial charge in [-0.15, -0.1) is 0 Å². The average molecular weight is 260 g/mol. The maximum absolute atomic E-state index is 12.8. The van der Waals surface area contributed by atoms with Crippen molar-refractivity contribution in [2.24, 2.45) is 0 Å². The molecule has 98 valence electrons. The molecule has 1 heterocycles. The third kappa shape index (κ3) is 3.07. The lowest BCUT2D eigenvalue weighted by atomic mass is 10.1. The van der Waals surface area contributed by atoms with Crippen LogP contribution in [0.5, 0.6) is 0 Å². The van der Waals surface area contributed by atoms with Gasteiger partial charge in [-0.3, -0.25) is 4.98 Å². The van der Waals surface area contributed by atoms with Crippen molar-refractivity contribution in [2.75, 3.05) is 5.32 Å². The van der Waals surface area contributed by atoms with Crippen LogP contribution in [0.4, 0.5) is 10.1 Å². The van der Waals surface area contributed by atoms with E-state index in [1.54, 1.807) is 12.1 Å². The predicted octanol–water partition coefficient (Wildman–Crippen LogP) is 3.09. The molecule has 0 unspecified atom stereocenters. The van der Waals surface area contributed by atoms with Crippen molar-refractivity contribution < 1.29 is 14.3 Å². The molecule has 4 nitrogen and oxygen atoms in total. The maximum atomic E-state index is 12.8. The van der Waals surface area contributed by atoms with Crippen LogP contribution in [0.25, 0.3) is 0 Å². The van der Waals surface area contributed by atoms with E-state index in [-0.39, 0.29) is 17.4 Å². The fraction of sp³-hybridized carbons (Fsp3) is 0.143. The minimum atomic E-state index is -1.02. The number of nitrogens with zero attached hydrogens (tertiary/aromatic N) is 1. The number of nitrogens with one attached hydrogen (secondary N) is 1. The van der Waals surface area contributed by atoms with Gasteiger partial charge < -0.3 is 10.4 Å². The molecule has 0 aliphatic carbocycles. The number of halogens is 1. The van der Waals surface area contributed by atoms with E-state index in [4.69, 9.17) is 5.11 Å². The highest BCUT2D eigenvalue weighted by molar-refractivity contribution is 5.93. The van der Waals surface area contributed by atoms with E-state index < -0.39 is 5.97 Å². The summed E-state index contributed by atoms with van der Waals surface area (Å²) in [6, 6.07) is 7.34. The maximum Gasteiger partial charge on any atom is 0.337 e. The van der Waals surface area contributed by atoms with E-state index in [2.05, 4.69) is 10.3 Å². The molecule has 2 N–H and O–H groups in total. The van der Waals surface area contributed by atoms with E-state index in [1.165, 1.54) is 30.6 Å². The average Bonchev–Trinajstić information content (AvgIpc) is 2.39. The number of benzene rings is 1. The largest absolute Gasteiger partial charge is 0.478 e. The topological polar surface area (TPSA) is 62.2 Å². The standard InChI is InChI=1S/C14H13FN2O2/c1-9(10-2-4-11(15)5-3-10)17-13-8-16-7-6-12(13)14(18)19/h2-9,17H,1H3,(H,18,19)/t9-/m1/s1. The van der Waals surface area contributed by atoms with Crippen molar-refractivity contribution in [2.45, 2.75) is 13.0 Å². The molecule has 1 aromatic heterocycles. The van der Waals surface area contributed by atoms with Crippen LogP contribution in [0.2, 0.25) is 0 Å². The number of carbonyl (C=O) groups is 1. The summed E-state index contributed by atoms with van der Waals surface area (Å²) in [7, 11) is 0. The third-order valence-electron chi connectivity index (χ3n) is 2.79. The Morgan fingerprint density at radius 1 is 1.32 bits per heavy atom. The van der Waals surface area contributed by atoms with Crippen LogP contribution in [-0.4, -0.2) is 16.1 Å². The molecule has 2 rings (SSSR count). The van der Waals surface area contributed by atoms with Crippen molar-refractivity contribution in [1.82, 2.24) is 4.98 Å². The Balaban J connectivity index is 2.21. The summed E-state index contributed by atoms with van der Waals surface area (Å²) < 4.78 is 12.8. The van der Waals surface area contributed by atoms with E-state index >= 15 is 0 Å². The molecule has 1 atom stereocenters. The molecule has 0 saturated carbocycles. The summed E-state index contributed by atoms with van der Waals surface area (Å²) in [5, 5.41) is 12.1. The minimum Gasteiger partial charge on any atom is -0.478 e. The molecule has 0 spiro atoms. The van der Waals surface area contributed by atoms with Crippen LogP contribution in [0.15, 0.2) is 42.7 Å². The molecule has 0 bridgehead atoms. The molecule has 0 fully saturated rings. The Labute approximate surface area is 109 Å². The molecule has 19 heavy (non-hydrogen) atoms. The lowest BCUT2D eigenvalue weighted by Gasteiger charge is -2.16. The van der Waals surface area contributed by atoms with Crippen LogP contribution in [0.1, 0.15) is 28.9 Å². The highest BCUT2D eigenvalue weighted by Gasteiger charge is 2.12. The molecule has 5 heteroatoms. The van der Waals surface area contributed by atoms with Gasteiger partial charge in [-0.25, -0.2) is 9.18 Å².